The summed E-state index contributed by atoms with van der Waals surface area (Å²) in [4.78, 5) is 0. The van der Waals surface area contributed by atoms with Gasteiger partial charge in [-0.25, -0.2) is 16.8 Å². The van der Waals surface area contributed by atoms with Gasteiger partial charge in [-0.3, -0.25) is 0 Å². The molecule has 0 aromatic heterocycles. The first-order valence-corrected chi connectivity index (χ1v) is 51.2. The Morgan fingerprint density at radius 3 is 0.526 bits per heavy atom. The van der Waals surface area contributed by atoms with E-state index in [1.54, 1.807) is 0 Å². The molecule has 0 atom stereocenters. The molecule has 10 aromatic carbocycles. The molecule has 0 fully saturated rings. The second kappa shape index (κ2) is 32.1. The molecule has 23 heteroatoms. The van der Waals surface area contributed by atoms with Crippen LogP contribution in [-0.2, 0) is 26.1 Å². The van der Waals surface area contributed by atoms with Crippen molar-refractivity contribution in [2.75, 3.05) is 0 Å². The first-order chi connectivity index (χ1) is 44.6. The summed E-state index contributed by atoms with van der Waals surface area (Å²) in [5.74, 6) is 0. The normalized spacial score (nSPS) is 12.9. The van der Waals surface area contributed by atoms with Crippen LogP contribution in [0.3, 0.4) is 0 Å². The molecule has 0 saturated heterocycles. The maximum absolute atomic E-state index is 10.7. The van der Waals surface area contributed by atoms with Crippen LogP contribution in [0.5, 0.6) is 0 Å². The predicted molar refractivity (Wildman–Crippen MR) is 373 cm³/mol. The molecule has 10 nitrogen and oxygen atoms in total. The predicted octanol–water partition coefficient (Wildman–Crippen LogP) is 9.62. The van der Waals surface area contributed by atoms with Gasteiger partial charge in [0.15, 0.2) is 20.2 Å². The second-order valence-corrected chi connectivity index (χ2v) is 62.1. The van der Waals surface area contributed by atoms with Gasteiger partial charge in [0.05, 0.1) is 0 Å². The van der Waals surface area contributed by atoms with E-state index in [1.807, 2.05) is 0 Å². The minimum Gasteiger partial charge on any atom is -0.741 e. The topological polar surface area (TPSA) is 151 Å². The Morgan fingerprint density at radius 2 is 0.389 bits per heavy atom. The zero-order valence-electron chi connectivity index (χ0n) is 53.3. The van der Waals surface area contributed by atoms with Gasteiger partial charge < -0.3 is 9.11 Å². The van der Waals surface area contributed by atoms with Gasteiger partial charge in [-0.2, -0.15) is 26.3 Å². The van der Waals surface area contributed by atoms with E-state index in [0.717, 1.165) is 32.8 Å². The SMILES string of the molecule is Cc1ccc([Te+](O[Te](O[Te](O[Te](O[Te+](c2ccc(C)cc2)c2ccc(C)cc2)(c2ccc(C)cc2)c2ccc(C)cc2)(c2ccc(C)cc2)c2ccc(C)cc2)(c2ccc(C)cc2)c2ccc(C)cc2)c2ccc(C)cc2)cc1.O=S(=O)([O-])C(F)(F)F.O=S(=O)([O-])C(F)(F)F. The fourth-order valence-corrected chi connectivity index (χ4v) is 83.7. The number of aryl methyl sites for hydroxylation is 10. The van der Waals surface area contributed by atoms with Crippen molar-refractivity contribution in [3.05, 3.63) is 298 Å². The third-order valence-corrected chi connectivity index (χ3v) is 69.9. The molecule has 0 spiro atoms. The van der Waals surface area contributed by atoms with Crippen molar-refractivity contribution in [1.82, 2.24) is 0 Å². The van der Waals surface area contributed by atoms with Crippen molar-refractivity contribution in [1.29, 1.82) is 0 Å². The number of hydrogen-bond donors (Lipinski definition) is 0. The summed E-state index contributed by atoms with van der Waals surface area (Å²) in [6, 6.07) is 91.0. The maximum Gasteiger partial charge on any atom is 0.485 e. The first-order valence-electron chi connectivity index (χ1n) is 29.1. The average Bonchev–Trinajstić information content (AvgIpc) is 0.718. The summed E-state index contributed by atoms with van der Waals surface area (Å²) < 4.78 is 165. The zero-order valence-corrected chi connectivity index (χ0v) is 66.6. The van der Waals surface area contributed by atoms with Crippen molar-refractivity contribution >= 4 is 153 Å². The van der Waals surface area contributed by atoms with Crippen LogP contribution in [0, 0.1) is 69.2 Å². The number of rotatable bonds is 18. The van der Waals surface area contributed by atoms with Gasteiger partial charge in [0, 0.05) is 0 Å². The third kappa shape index (κ3) is 19.4. The summed E-state index contributed by atoms with van der Waals surface area (Å²) >= 11 is -21.4. The van der Waals surface area contributed by atoms with Crippen molar-refractivity contribution in [2.45, 2.75) is 80.3 Å². The van der Waals surface area contributed by atoms with Crippen LogP contribution in [0.15, 0.2) is 243 Å². The summed E-state index contributed by atoms with van der Waals surface area (Å²) in [6.07, 6.45) is 0. The van der Waals surface area contributed by atoms with E-state index in [4.69, 9.17) is 28.9 Å². The summed E-state index contributed by atoms with van der Waals surface area (Å²) in [6.45, 7) is 21.7. The second-order valence-electron chi connectivity index (χ2n) is 22.3. The summed E-state index contributed by atoms with van der Waals surface area (Å²) in [7, 11) is -12.2. The Balaban J connectivity index is 0.000000642. The molecule has 0 saturated carbocycles. The van der Waals surface area contributed by atoms with Crippen molar-refractivity contribution in [2.24, 2.45) is 0 Å². The third-order valence-electron chi connectivity index (χ3n) is 14.2. The number of hydrogen-bond acceptors (Lipinski definition) is 10. The Labute approximate surface area is 583 Å². The van der Waals surface area contributed by atoms with Crippen LogP contribution in [0.1, 0.15) is 55.6 Å². The quantitative estimate of drug-likeness (QED) is 0.0352. The number of alkyl halides is 6. The van der Waals surface area contributed by atoms with E-state index in [-0.39, 0.29) is 0 Å². The van der Waals surface area contributed by atoms with Crippen molar-refractivity contribution in [3.8, 4) is 0 Å². The van der Waals surface area contributed by atoms with E-state index >= 15 is 0 Å². The molecule has 0 N–H and O–H groups in total. The van der Waals surface area contributed by atoms with E-state index in [9.17, 15) is 29.3 Å². The fraction of sp³-hybridized carbons (Fsp3) is 0.167. The molecule has 0 amide bonds. The molecular weight excluding hydrogens is 1840 g/mol. The number of benzene rings is 10. The Bertz CT molecular complexity index is 3930. The molecule has 0 radical (unpaired) electrons. The van der Waals surface area contributed by atoms with E-state index in [1.165, 1.54) is 59.0 Å². The molecule has 502 valence electrons. The Kier molecular flexibility index (Phi) is 25.8. The van der Waals surface area contributed by atoms with E-state index < -0.39 is 128 Å². The van der Waals surface area contributed by atoms with Crippen LogP contribution < -0.4 is 36.1 Å². The van der Waals surface area contributed by atoms with Gasteiger partial charge in [0.1, 0.15) is 0 Å². The van der Waals surface area contributed by atoms with Crippen LogP contribution in [0.25, 0.3) is 0 Å². The molecule has 10 rings (SSSR count). The van der Waals surface area contributed by atoms with Crippen LogP contribution in [0.2, 0.25) is 0 Å². The average molecular weight is 1910 g/mol. The molecular formula is C72H70F6O10S2Te5. The van der Waals surface area contributed by atoms with Crippen LogP contribution in [-0.4, -0.2) is 134 Å². The fourth-order valence-electron chi connectivity index (χ4n) is 8.76. The molecule has 95 heavy (non-hydrogen) atoms. The van der Waals surface area contributed by atoms with Crippen molar-refractivity contribution in [3.63, 3.8) is 0 Å². The van der Waals surface area contributed by atoms with Gasteiger partial charge >= 0.3 is 517 Å². The monoisotopic (exact) mass is 1920 g/mol. The Hall–Kier alpha value is -4.61. The van der Waals surface area contributed by atoms with Gasteiger partial charge in [0.2, 0.25) is 0 Å². The molecule has 0 bridgehead atoms. The molecule has 0 unspecified atom stereocenters. The van der Waals surface area contributed by atoms with E-state index in [0.29, 0.717) is 0 Å². The van der Waals surface area contributed by atoms with Gasteiger partial charge in [0.25, 0.3) is 0 Å². The number of halogens is 6. The molecule has 10 aromatic rings. The molecule has 0 aliphatic rings. The van der Waals surface area contributed by atoms with Crippen LogP contribution >= 0.6 is 0 Å². The van der Waals surface area contributed by atoms with Crippen molar-refractivity contribution < 1.29 is 58.1 Å². The van der Waals surface area contributed by atoms with E-state index in [2.05, 4.69) is 312 Å². The van der Waals surface area contributed by atoms with Gasteiger partial charge in [-0.15, -0.1) is 0 Å². The zero-order chi connectivity index (χ0) is 69.3. The Morgan fingerprint density at radius 1 is 0.263 bits per heavy atom. The first kappa shape index (κ1) is 76.1. The van der Waals surface area contributed by atoms with Gasteiger partial charge in [-0.1, -0.05) is 0 Å². The largest absolute Gasteiger partial charge is 0.741 e. The summed E-state index contributed by atoms with van der Waals surface area (Å²) in [5, 5.41) is 0. The molecule has 0 heterocycles. The smallest absolute Gasteiger partial charge is 0.485 e. The molecule has 0 aliphatic carbocycles. The standard InChI is InChI=1S/C70H70O4Te5.2CHF3O3S/c1-51-11-31-61(32-12-51)75(62-33-13-52(2)14-34-62)71-77(65-39-19-55(5)20-40-65,66-41-21-56(6)22-42-66)73-79(69-47-27-59(9)28-48-69,70-49-29-60(10)30-50-70)74-78(67-43-23-57(7)24-44-67,68-45-25-58(8)26-46-68)72-76(63-35-15-53(3)16-36-63)64-37-17-54(4)18-38-64;2*2-1(3,4)8(5,6)7/h11-50H,1-10H3;2*(H,5,6,7)/q+2;;/p-2. The summed E-state index contributed by atoms with van der Waals surface area (Å²) in [5.41, 5.74) is 0.557. The minimum atomic E-state index is -6.09. The molecule has 0 aliphatic heterocycles. The minimum absolute atomic E-state index is 1.05. The van der Waals surface area contributed by atoms with Gasteiger partial charge in [-0.05, 0) is 0 Å². The maximum atomic E-state index is 10.7. The van der Waals surface area contributed by atoms with Crippen LogP contribution in [0.4, 0.5) is 26.3 Å².